The number of aromatic nitrogens is 2. The number of hydrogen-bond acceptors (Lipinski definition) is 4. The Bertz CT molecular complexity index is 3240. The van der Waals surface area contributed by atoms with Gasteiger partial charge >= 0.3 is 0 Å². The molecule has 0 N–H and O–H groups in total. The van der Waals surface area contributed by atoms with E-state index < -0.39 is 0 Å². The summed E-state index contributed by atoms with van der Waals surface area (Å²) in [6.07, 6.45) is 4.24. The van der Waals surface area contributed by atoms with E-state index >= 15 is 0 Å². The Hall–Kier alpha value is -5.90. The second-order valence-corrected chi connectivity index (χ2v) is 23.6. The molecule has 0 aliphatic carbocycles. The summed E-state index contributed by atoms with van der Waals surface area (Å²) in [6, 6.07) is 54.0. The first-order valence-electron chi connectivity index (χ1n) is 25.2. The van der Waals surface area contributed by atoms with Crippen molar-refractivity contribution in [2.24, 2.45) is 0 Å². The summed E-state index contributed by atoms with van der Waals surface area (Å²) in [7, 11) is 0. The Balaban J connectivity index is 0.00000676. The zero-order valence-corrected chi connectivity index (χ0v) is 46.8. The van der Waals surface area contributed by atoms with E-state index in [0.29, 0.717) is 23.3 Å². The molecule has 2 aromatic heterocycles. The number of hydrogen-bond donors (Lipinski definition) is 0. The molecule has 3 heterocycles. The summed E-state index contributed by atoms with van der Waals surface area (Å²) >= 11 is 0. The summed E-state index contributed by atoms with van der Waals surface area (Å²) in [5.41, 5.74) is 14.6. The van der Waals surface area contributed by atoms with Crippen LogP contribution in [-0.4, -0.2) is 9.55 Å². The minimum atomic E-state index is -0.388. The SMILES string of the molecule is CC(C)c1cccc(C(C)C)c1C1=CN(c2cccc(C(C)(C)C)c2)[CH-]N1c1[c-]c(Oc2[c-]c3c(cc2)c2cc(C(C)(C)C)ccc2n3-c2cc(C(C)(C)C)ccn2)cc(C(C)(C)c2ccccc2)c1.[Pt]. The van der Waals surface area contributed by atoms with Crippen molar-refractivity contribution in [3.05, 3.63) is 203 Å². The summed E-state index contributed by atoms with van der Waals surface area (Å²) in [5, 5.41) is 2.26. The molecule has 370 valence electrons. The van der Waals surface area contributed by atoms with E-state index in [0.717, 1.165) is 50.3 Å². The Morgan fingerprint density at radius 1 is 0.549 bits per heavy atom. The predicted octanol–water partition coefficient (Wildman–Crippen LogP) is 17.5. The Morgan fingerprint density at radius 3 is 1.82 bits per heavy atom. The minimum absolute atomic E-state index is 0. The van der Waals surface area contributed by atoms with Crippen LogP contribution in [0.2, 0.25) is 0 Å². The molecule has 1 aliphatic rings. The van der Waals surface area contributed by atoms with Gasteiger partial charge in [0.2, 0.25) is 0 Å². The van der Waals surface area contributed by atoms with E-state index in [4.69, 9.17) is 9.72 Å². The third-order valence-corrected chi connectivity index (χ3v) is 14.3. The molecule has 0 spiro atoms. The fourth-order valence-corrected chi connectivity index (χ4v) is 9.82. The molecule has 0 amide bonds. The normalized spacial score (nSPS) is 13.7. The minimum Gasteiger partial charge on any atom is -0.509 e. The van der Waals surface area contributed by atoms with Gasteiger partial charge in [0.1, 0.15) is 5.82 Å². The maximum absolute atomic E-state index is 7.11. The van der Waals surface area contributed by atoms with Crippen LogP contribution in [-0.2, 0) is 42.7 Å². The van der Waals surface area contributed by atoms with Gasteiger partial charge in [0.25, 0.3) is 0 Å². The number of nitrogens with zero attached hydrogens (tertiary/aromatic N) is 4. The van der Waals surface area contributed by atoms with Gasteiger partial charge in [-0.1, -0.05) is 182 Å². The molecule has 6 aromatic carbocycles. The molecule has 0 unspecified atom stereocenters. The maximum Gasteiger partial charge on any atom is 0.135 e. The van der Waals surface area contributed by atoms with Gasteiger partial charge in [-0.15, -0.1) is 53.6 Å². The number of benzene rings is 6. The van der Waals surface area contributed by atoms with E-state index in [1.54, 1.807) is 0 Å². The molecule has 71 heavy (non-hydrogen) atoms. The average Bonchev–Trinajstić information content (AvgIpc) is 3.90. The first-order chi connectivity index (χ1) is 33.0. The summed E-state index contributed by atoms with van der Waals surface area (Å²) in [6.45, 7) is 36.4. The van der Waals surface area contributed by atoms with Crippen LogP contribution < -0.4 is 14.5 Å². The van der Waals surface area contributed by atoms with Gasteiger partial charge in [0.05, 0.1) is 0 Å². The first-order valence-corrected chi connectivity index (χ1v) is 25.2. The van der Waals surface area contributed by atoms with Crippen molar-refractivity contribution >= 4 is 38.9 Å². The van der Waals surface area contributed by atoms with Gasteiger partial charge < -0.3 is 19.1 Å². The van der Waals surface area contributed by atoms with Crippen LogP contribution in [0.15, 0.2) is 140 Å². The number of fused-ring (bicyclic) bond motifs is 3. The molecule has 8 aromatic rings. The molecular formula is C65H71N4OPt-3. The fourth-order valence-electron chi connectivity index (χ4n) is 9.82. The van der Waals surface area contributed by atoms with Gasteiger partial charge in [-0.3, -0.25) is 0 Å². The molecule has 6 heteroatoms. The maximum atomic E-state index is 7.11. The van der Waals surface area contributed by atoms with Gasteiger partial charge in [0, 0.05) is 61.2 Å². The number of anilines is 2. The summed E-state index contributed by atoms with van der Waals surface area (Å²) < 4.78 is 9.36. The zero-order valence-electron chi connectivity index (χ0n) is 44.5. The molecule has 0 fully saturated rings. The quantitative estimate of drug-likeness (QED) is 0.128. The molecule has 1 aliphatic heterocycles. The number of pyridine rings is 1. The Labute approximate surface area is 439 Å². The molecular weight excluding hydrogens is 1050 g/mol. The van der Waals surface area contributed by atoms with E-state index in [2.05, 4.69) is 271 Å². The topological polar surface area (TPSA) is 33.5 Å². The predicted molar refractivity (Wildman–Crippen MR) is 296 cm³/mol. The van der Waals surface area contributed by atoms with Crippen molar-refractivity contribution in [1.29, 1.82) is 0 Å². The zero-order chi connectivity index (χ0) is 50.1. The van der Waals surface area contributed by atoms with Crippen molar-refractivity contribution in [3.63, 3.8) is 0 Å². The monoisotopic (exact) mass is 1120 g/mol. The first kappa shape index (κ1) is 51.5. The molecule has 0 bridgehead atoms. The van der Waals surface area contributed by atoms with Gasteiger partial charge in [-0.05, 0) is 109 Å². The molecule has 0 saturated carbocycles. The fraction of sp³-hybridized carbons (Fsp3) is 0.323. The van der Waals surface area contributed by atoms with E-state index in [-0.39, 0.29) is 42.7 Å². The number of ether oxygens (including phenoxy) is 1. The van der Waals surface area contributed by atoms with Crippen LogP contribution in [0.3, 0.4) is 0 Å². The smallest absolute Gasteiger partial charge is 0.135 e. The third kappa shape index (κ3) is 10.1. The van der Waals surface area contributed by atoms with Gasteiger partial charge in [-0.2, -0.15) is 6.07 Å². The standard InChI is InChI=1S/C65H71N4O.Pt/c1-42(2)53-25-20-26-54(43(3)4)61(53)59-40-67(49-24-19-23-45(33-49)62(5,6)7)41-68(59)50-34-48(65(14,15)44-21-17-16-18-22-44)35-52(38-50)70-51-28-29-55-56-36-46(63(8,9)10)27-30-57(56)69(58(55)39-51)60-37-47(31-32-66-60)64(11,12)13;/h16-37,40-43H,1-15H3;/q-3;. The van der Waals surface area contributed by atoms with E-state index in [9.17, 15) is 0 Å². The largest absolute Gasteiger partial charge is 0.509 e. The molecule has 0 atom stereocenters. The molecule has 0 saturated heterocycles. The second kappa shape index (κ2) is 19.3. The van der Waals surface area contributed by atoms with Crippen molar-refractivity contribution in [3.8, 4) is 17.3 Å². The van der Waals surface area contributed by atoms with Crippen LogP contribution in [0.1, 0.15) is 160 Å². The van der Waals surface area contributed by atoms with Crippen molar-refractivity contribution in [2.75, 3.05) is 9.80 Å². The summed E-state index contributed by atoms with van der Waals surface area (Å²) in [5.74, 6) is 2.67. The van der Waals surface area contributed by atoms with Gasteiger partial charge in [0.15, 0.2) is 0 Å². The van der Waals surface area contributed by atoms with Crippen molar-refractivity contribution < 1.29 is 25.8 Å². The average molecular weight is 1120 g/mol. The van der Waals surface area contributed by atoms with E-state index in [1.165, 1.54) is 38.9 Å². The van der Waals surface area contributed by atoms with Crippen molar-refractivity contribution in [2.45, 2.75) is 137 Å². The van der Waals surface area contributed by atoms with Crippen LogP contribution in [0.25, 0.3) is 33.3 Å². The molecule has 5 nitrogen and oxygen atoms in total. The van der Waals surface area contributed by atoms with Crippen molar-refractivity contribution in [1.82, 2.24) is 9.55 Å². The van der Waals surface area contributed by atoms with Crippen LogP contribution in [0.5, 0.6) is 11.5 Å². The van der Waals surface area contributed by atoms with Crippen LogP contribution in [0.4, 0.5) is 11.4 Å². The second-order valence-electron chi connectivity index (χ2n) is 23.6. The van der Waals surface area contributed by atoms with Crippen LogP contribution >= 0.6 is 0 Å². The van der Waals surface area contributed by atoms with E-state index in [1.807, 2.05) is 6.20 Å². The van der Waals surface area contributed by atoms with Crippen LogP contribution in [0, 0.1) is 18.8 Å². The van der Waals surface area contributed by atoms with Gasteiger partial charge in [-0.25, -0.2) is 4.98 Å². The molecule has 9 rings (SSSR count). The number of rotatable bonds is 10. The molecule has 0 radical (unpaired) electrons. The Morgan fingerprint density at radius 2 is 1.17 bits per heavy atom. The third-order valence-electron chi connectivity index (χ3n) is 14.3. The Kier molecular flexibility index (Phi) is 14.0. The summed E-state index contributed by atoms with van der Waals surface area (Å²) in [4.78, 5) is 9.61.